The summed E-state index contributed by atoms with van der Waals surface area (Å²) in [4.78, 5) is 23.4. The van der Waals surface area contributed by atoms with E-state index in [-0.39, 0.29) is 13.2 Å². The van der Waals surface area contributed by atoms with E-state index in [9.17, 15) is 9.59 Å². The number of alkyl carbamates (subject to hydrolysis) is 1. The standard InChI is InChI=1S/C16H23NO5/c1-3-4-10-21-12-14(15(18)20-2)17-16(19)22-11-13-8-6-5-7-9-13/h5-9,14H,3-4,10-12H2,1-2H3,(H,17,19)/t14-/m0/s1. The largest absolute Gasteiger partial charge is 0.467 e. The van der Waals surface area contributed by atoms with Crippen molar-refractivity contribution in [2.45, 2.75) is 32.4 Å². The van der Waals surface area contributed by atoms with Gasteiger partial charge in [0, 0.05) is 6.61 Å². The van der Waals surface area contributed by atoms with Gasteiger partial charge in [-0.2, -0.15) is 0 Å². The first-order valence-electron chi connectivity index (χ1n) is 7.30. The quantitative estimate of drug-likeness (QED) is 0.559. The minimum absolute atomic E-state index is 0.0626. The molecule has 1 N–H and O–H groups in total. The molecule has 0 aliphatic carbocycles. The van der Waals surface area contributed by atoms with Gasteiger partial charge >= 0.3 is 12.1 Å². The van der Waals surface area contributed by atoms with Gasteiger partial charge in [-0.3, -0.25) is 0 Å². The zero-order chi connectivity index (χ0) is 16.2. The Bertz CT molecular complexity index is 449. The van der Waals surface area contributed by atoms with Gasteiger partial charge in [0.05, 0.1) is 13.7 Å². The summed E-state index contributed by atoms with van der Waals surface area (Å²) in [7, 11) is 1.26. The van der Waals surface area contributed by atoms with Gasteiger partial charge in [0.2, 0.25) is 0 Å². The van der Waals surface area contributed by atoms with Crippen LogP contribution in [0.25, 0.3) is 0 Å². The van der Waals surface area contributed by atoms with Crippen molar-refractivity contribution in [1.82, 2.24) is 5.32 Å². The van der Waals surface area contributed by atoms with Gasteiger partial charge in [0.1, 0.15) is 6.61 Å². The second-order valence-electron chi connectivity index (χ2n) is 4.71. The van der Waals surface area contributed by atoms with E-state index in [2.05, 4.69) is 10.1 Å². The van der Waals surface area contributed by atoms with Crippen LogP contribution < -0.4 is 5.32 Å². The second kappa shape index (κ2) is 10.6. The number of esters is 1. The number of nitrogens with one attached hydrogen (secondary N) is 1. The summed E-state index contributed by atoms with van der Waals surface area (Å²) in [6.45, 7) is 2.77. The van der Waals surface area contributed by atoms with Crippen LogP contribution in [0.15, 0.2) is 30.3 Å². The number of rotatable bonds is 9. The van der Waals surface area contributed by atoms with Gasteiger partial charge in [-0.1, -0.05) is 43.7 Å². The van der Waals surface area contributed by atoms with Crippen molar-refractivity contribution in [2.24, 2.45) is 0 Å². The molecule has 22 heavy (non-hydrogen) atoms. The number of unbranched alkanes of at least 4 members (excludes halogenated alkanes) is 1. The van der Waals surface area contributed by atoms with Crippen LogP contribution in [-0.2, 0) is 25.6 Å². The van der Waals surface area contributed by atoms with Gasteiger partial charge in [0.15, 0.2) is 6.04 Å². The van der Waals surface area contributed by atoms with Gasteiger partial charge in [0.25, 0.3) is 0 Å². The molecule has 1 aromatic carbocycles. The van der Waals surface area contributed by atoms with E-state index in [0.29, 0.717) is 6.61 Å². The minimum atomic E-state index is -0.870. The highest BCUT2D eigenvalue weighted by atomic mass is 16.6. The summed E-state index contributed by atoms with van der Waals surface area (Å²) >= 11 is 0. The molecule has 1 atom stereocenters. The molecule has 122 valence electrons. The molecule has 0 aliphatic heterocycles. The van der Waals surface area contributed by atoms with Crippen LogP contribution in [0.1, 0.15) is 25.3 Å². The Balaban J connectivity index is 2.39. The molecule has 0 fully saturated rings. The van der Waals surface area contributed by atoms with Gasteiger partial charge < -0.3 is 19.5 Å². The maximum atomic E-state index is 11.7. The first kappa shape index (κ1) is 18.0. The lowest BCUT2D eigenvalue weighted by Crippen LogP contribution is -2.45. The number of hydrogen-bond donors (Lipinski definition) is 1. The second-order valence-corrected chi connectivity index (χ2v) is 4.71. The number of carbonyl (C=O) groups is 2. The van der Waals surface area contributed by atoms with E-state index in [1.54, 1.807) is 0 Å². The molecule has 1 aromatic rings. The Labute approximate surface area is 130 Å². The highest BCUT2D eigenvalue weighted by molar-refractivity contribution is 5.81. The molecular weight excluding hydrogens is 286 g/mol. The van der Waals surface area contributed by atoms with E-state index in [4.69, 9.17) is 9.47 Å². The fourth-order valence-corrected chi connectivity index (χ4v) is 1.67. The Morgan fingerprint density at radius 1 is 1.23 bits per heavy atom. The van der Waals surface area contributed by atoms with Crippen LogP contribution in [0.3, 0.4) is 0 Å². The van der Waals surface area contributed by atoms with Crippen LogP contribution in [0, 0.1) is 0 Å². The maximum absolute atomic E-state index is 11.7. The topological polar surface area (TPSA) is 73.9 Å². The fraction of sp³-hybridized carbons (Fsp3) is 0.500. The molecule has 0 bridgehead atoms. The molecule has 1 amide bonds. The Hall–Kier alpha value is -2.08. The zero-order valence-corrected chi connectivity index (χ0v) is 13.0. The summed E-state index contributed by atoms with van der Waals surface area (Å²) < 4.78 is 15.1. The molecule has 0 aliphatic rings. The van der Waals surface area contributed by atoms with E-state index in [1.165, 1.54) is 7.11 Å². The molecule has 0 radical (unpaired) electrons. The van der Waals surface area contributed by atoms with Gasteiger partial charge in [-0.15, -0.1) is 0 Å². The number of amides is 1. The fourth-order valence-electron chi connectivity index (χ4n) is 1.67. The molecule has 1 rings (SSSR count). The van der Waals surface area contributed by atoms with Crippen molar-refractivity contribution in [3.63, 3.8) is 0 Å². The molecule has 0 spiro atoms. The van der Waals surface area contributed by atoms with Crippen LogP contribution in [-0.4, -0.2) is 38.4 Å². The molecule has 0 saturated carbocycles. The normalized spacial score (nSPS) is 11.5. The third kappa shape index (κ3) is 7.08. The third-order valence-electron chi connectivity index (χ3n) is 2.92. The van der Waals surface area contributed by atoms with Gasteiger partial charge in [-0.05, 0) is 12.0 Å². The molecule has 0 heterocycles. The molecule has 0 saturated heterocycles. The lowest BCUT2D eigenvalue weighted by molar-refractivity contribution is -0.144. The monoisotopic (exact) mass is 309 g/mol. The molecule has 0 aromatic heterocycles. The summed E-state index contributed by atoms with van der Waals surface area (Å²) in [5, 5.41) is 2.45. The van der Waals surface area contributed by atoms with Crippen LogP contribution >= 0.6 is 0 Å². The number of benzene rings is 1. The van der Waals surface area contributed by atoms with E-state index in [0.717, 1.165) is 18.4 Å². The van der Waals surface area contributed by atoms with Crippen molar-refractivity contribution in [1.29, 1.82) is 0 Å². The molecular formula is C16H23NO5. The number of ether oxygens (including phenoxy) is 3. The van der Waals surface area contributed by atoms with Crippen LogP contribution in [0.4, 0.5) is 4.79 Å². The van der Waals surface area contributed by atoms with Crippen molar-refractivity contribution >= 4 is 12.1 Å². The van der Waals surface area contributed by atoms with E-state index < -0.39 is 18.1 Å². The van der Waals surface area contributed by atoms with Crippen molar-refractivity contribution in [3.05, 3.63) is 35.9 Å². The van der Waals surface area contributed by atoms with Crippen molar-refractivity contribution in [3.8, 4) is 0 Å². The number of hydrogen-bond acceptors (Lipinski definition) is 5. The summed E-state index contributed by atoms with van der Waals surface area (Å²) in [5.41, 5.74) is 0.867. The predicted octanol–water partition coefficient (Wildman–Crippen LogP) is 2.27. The van der Waals surface area contributed by atoms with Gasteiger partial charge in [-0.25, -0.2) is 9.59 Å². The summed E-state index contributed by atoms with van der Waals surface area (Å²) in [6, 6.07) is 8.41. The SMILES string of the molecule is CCCCOC[C@H](NC(=O)OCc1ccccc1)C(=O)OC. The molecule has 6 nitrogen and oxygen atoms in total. The third-order valence-corrected chi connectivity index (χ3v) is 2.92. The first-order valence-corrected chi connectivity index (χ1v) is 7.30. The zero-order valence-electron chi connectivity index (χ0n) is 13.0. The van der Waals surface area contributed by atoms with Crippen LogP contribution in [0.2, 0.25) is 0 Å². The van der Waals surface area contributed by atoms with Crippen molar-refractivity contribution in [2.75, 3.05) is 20.3 Å². The minimum Gasteiger partial charge on any atom is -0.467 e. The Morgan fingerprint density at radius 2 is 1.95 bits per heavy atom. The Kier molecular flexibility index (Phi) is 8.67. The maximum Gasteiger partial charge on any atom is 0.408 e. The predicted molar refractivity (Wildman–Crippen MR) is 81.3 cm³/mol. The number of carbonyl (C=O) groups excluding carboxylic acids is 2. The highest BCUT2D eigenvalue weighted by Gasteiger charge is 2.22. The summed E-state index contributed by atoms with van der Waals surface area (Å²) in [6.07, 6.45) is 1.21. The smallest absolute Gasteiger partial charge is 0.408 e. The van der Waals surface area contributed by atoms with Crippen molar-refractivity contribution < 1.29 is 23.8 Å². The molecule has 0 unspecified atom stereocenters. The first-order chi connectivity index (χ1) is 10.7. The lowest BCUT2D eigenvalue weighted by atomic mass is 10.2. The Morgan fingerprint density at radius 3 is 2.59 bits per heavy atom. The lowest BCUT2D eigenvalue weighted by Gasteiger charge is -2.16. The number of methoxy groups -OCH3 is 1. The highest BCUT2D eigenvalue weighted by Crippen LogP contribution is 2.01. The average molecular weight is 309 g/mol. The summed E-state index contributed by atoms with van der Waals surface area (Å²) in [5.74, 6) is -0.562. The van der Waals surface area contributed by atoms with E-state index in [1.807, 2.05) is 37.3 Å². The average Bonchev–Trinajstić information content (AvgIpc) is 2.56. The molecule has 6 heteroatoms. The van der Waals surface area contributed by atoms with Crippen LogP contribution in [0.5, 0.6) is 0 Å². The van der Waals surface area contributed by atoms with E-state index >= 15 is 0 Å².